The van der Waals surface area contributed by atoms with Gasteiger partial charge in [-0.1, -0.05) is 13.8 Å². The normalized spacial score (nSPS) is 10.2. The van der Waals surface area contributed by atoms with E-state index in [2.05, 4.69) is 9.97 Å². The van der Waals surface area contributed by atoms with Gasteiger partial charge < -0.3 is 4.74 Å². The highest BCUT2D eigenvalue weighted by molar-refractivity contribution is 5.73. The van der Waals surface area contributed by atoms with Gasteiger partial charge in [0.2, 0.25) is 0 Å². The van der Waals surface area contributed by atoms with Crippen LogP contribution >= 0.6 is 0 Å². The summed E-state index contributed by atoms with van der Waals surface area (Å²) in [6.07, 6.45) is 3.03. The van der Waals surface area contributed by atoms with Gasteiger partial charge in [0.15, 0.2) is 12.1 Å². The van der Waals surface area contributed by atoms with Gasteiger partial charge in [-0.15, -0.1) is 0 Å². The lowest BCUT2D eigenvalue weighted by atomic mass is 10.1. The van der Waals surface area contributed by atoms with Crippen molar-refractivity contribution < 1.29 is 18.3 Å². The number of rotatable bonds is 5. The van der Waals surface area contributed by atoms with Crippen LogP contribution in [0.1, 0.15) is 46.9 Å². The molecule has 0 N–H and O–H groups in total. The molecule has 0 fully saturated rings. The molecule has 0 amide bonds. The van der Waals surface area contributed by atoms with E-state index in [1.807, 2.05) is 13.8 Å². The minimum atomic E-state index is -0.823. The zero-order chi connectivity index (χ0) is 22.4. The second-order valence-corrected chi connectivity index (χ2v) is 6.30. The first-order valence-electron chi connectivity index (χ1n) is 9.40. The average molecular weight is 415 g/mol. The molecule has 0 bridgehead atoms. The van der Waals surface area contributed by atoms with E-state index in [-0.39, 0.29) is 29.3 Å². The fraction of sp³-hybridized carbons (Fsp3) is 0.273. The van der Waals surface area contributed by atoms with Crippen molar-refractivity contribution >= 4 is 6.29 Å². The zero-order valence-corrected chi connectivity index (χ0v) is 17.5. The van der Waals surface area contributed by atoms with Crippen LogP contribution in [0.15, 0.2) is 35.4 Å². The molecule has 3 aromatic rings. The van der Waals surface area contributed by atoms with Crippen LogP contribution in [-0.2, 0) is 6.61 Å². The first kappa shape index (κ1) is 22.9. The van der Waals surface area contributed by atoms with Crippen LogP contribution in [0, 0.1) is 32.4 Å². The number of pyridine rings is 3. The molecular formula is C22H23F2N3O3. The van der Waals surface area contributed by atoms with Crippen molar-refractivity contribution in [3.8, 4) is 11.4 Å². The summed E-state index contributed by atoms with van der Waals surface area (Å²) in [6.45, 7) is 8.83. The molecule has 3 rings (SSSR count). The SMILES string of the molecule is CC.Cc1cnc(C=O)cc1-n1c(C)cc(OCc2ncc(F)cc2F)c(C)c1=O. The van der Waals surface area contributed by atoms with E-state index in [1.165, 1.54) is 16.8 Å². The zero-order valence-electron chi connectivity index (χ0n) is 17.5. The molecule has 0 aliphatic carbocycles. The highest BCUT2D eigenvalue weighted by Gasteiger charge is 2.15. The summed E-state index contributed by atoms with van der Waals surface area (Å²) in [5, 5.41) is 0. The summed E-state index contributed by atoms with van der Waals surface area (Å²) >= 11 is 0. The number of hydrogen-bond donors (Lipinski definition) is 0. The average Bonchev–Trinajstić information content (AvgIpc) is 2.73. The van der Waals surface area contributed by atoms with Crippen LogP contribution in [0.25, 0.3) is 5.69 Å². The Kier molecular flexibility index (Phi) is 7.52. The van der Waals surface area contributed by atoms with Gasteiger partial charge >= 0.3 is 0 Å². The standard InChI is InChI=1S/C20H17F2N3O3.C2H6/c1-11-7-23-15(9-26)6-18(11)25-12(2)4-19(13(3)20(25)27)28-10-17-16(22)5-14(21)8-24-17;1-2/h4-9H,10H2,1-3H3;1-2H3. The summed E-state index contributed by atoms with van der Waals surface area (Å²) in [7, 11) is 0. The number of aldehydes is 1. The first-order chi connectivity index (χ1) is 14.3. The molecule has 8 heteroatoms. The molecule has 0 unspecified atom stereocenters. The maximum atomic E-state index is 13.7. The molecule has 30 heavy (non-hydrogen) atoms. The monoisotopic (exact) mass is 415 g/mol. The van der Waals surface area contributed by atoms with Crippen molar-refractivity contribution in [1.29, 1.82) is 0 Å². The molecule has 0 atom stereocenters. The second kappa shape index (κ2) is 9.87. The topological polar surface area (TPSA) is 74.1 Å². The molecule has 3 heterocycles. The highest BCUT2D eigenvalue weighted by Crippen LogP contribution is 2.22. The van der Waals surface area contributed by atoms with Crippen LogP contribution in [-0.4, -0.2) is 20.8 Å². The molecule has 0 saturated carbocycles. The van der Waals surface area contributed by atoms with E-state index >= 15 is 0 Å². The van der Waals surface area contributed by atoms with Crippen molar-refractivity contribution in [2.45, 2.75) is 41.2 Å². The van der Waals surface area contributed by atoms with Crippen LogP contribution in [0.5, 0.6) is 5.75 Å². The Morgan fingerprint density at radius 2 is 1.77 bits per heavy atom. The number of ether oxygens (including phenoxy) is 1. The van der Waals surface area contributed by atoms with E-state index in [0.717, 1.165) is 17.8 Å². The van der Waals surface area contributed by atoms with Crippen LogP contribution in [0.3, 0.4) is 0 Å². The number of aromatic nitrogens is 3. The summed E-state index contributed by atoms with van der Waals surface area (Å²) in [5.74, 6) is -1.33. The summed E-state index contributed by atoms with van der Waals surface area (Å²) in [4.78, 5) is 31.6. The van der Waals surface area contributed by atoms with Crippen molar-refractivity contribution in [1.82, 2.24) is 14.5 Å². The molecule has 0 radical (unpaired) electrons. The lowest BCUT2D eigenvalue weighted by Gasteiger charge is -2.17. The number of carbonyl (C=O) groups excluding carboxylic acids is 1. The Morgan fingerprint density at radius 3 is 2.40 bits per heavy atom. The Morgan fingerprint density at radius 1 is 1.07 bits per heavy atom. The predicted octanol–water partition coefficient (Wildman–Crippen LogP) is 4.25. The summed E-state index contributed by atoms with van der Waals surface area (Å²) in [5.41, 5.74) is 1.93. The third-order valence-electron chi connectivity index (χ3n) is 4.29. The predicted molar refractivity (Wildman–Crippen MR) is 109 cm³/mol. The smallest absolute Gasteiger partial charge is 0.261 e. The summed E-state index contributed by atoms with van der Waals surface area (Å²) in [6, 6.07) is 3.89. The van der Waals surface area contributed by atoms with E-state index < -0.39 is 11.6 Å². The molecule has 3 aromatic heterocycles. The fourth-order valence-electron chi connectivity index (χ4n) is 2.77. The van der Waals surface area contributed by atoms with Gasteiger partial charge in [-0.3, -0.25) is 24.1 Å². The highest BCUT2D eigenvalue weighted by atomic mass is 19.1. The number of nitrogens with zero attached hydrogens (tertiary/aromatic N) is 3. The molecule has 0 spiro atoms. The number of aryl methyl sites for hydroxylation is 2. The van der Waals surface area contributed by atoms with Gasteiger partial charge in [-0.25, -0.2) is 8.78 Å². The maximum Gasteiger partial charge on any atom is 0.261 e. The molecule has 0 saturated heterocycles. The third kappa shape index (κ3) is 4.76. The second-order valence-electron chi connectivity index (χ2n) is 6.30. The van der Waals surface area contributed by atoms with E-state index in [9.17, 15) is 18.4 Å². The van der Waals surface area contributed by atoms with Crippen LogP contribution < -0.4 is 10.3 Å². The summed E-state index contributed by atoms with van der Waals surface area (Å²) < 4.78 is 33.7. The fourth-order valence-corrected chi connectivity index (χ4v) is 2.77. The molecule has 6 nitrogen and oxygen atoms in total. The third-order valence-corrected chi connectivity index (χ3v) is 4.29. The Labute approximate surface area is 173 Å². The molecule has 0 aliphatic heterocycles. The Bertz CT molecular complexity index is 1130. The Hall–Kier alpha value is -3.42. The maximum absolute atomic E-state index is 13.7. The van der Waals surface area contributed by atoms with Crippen molar-refractivity contribution in [2.75, 3.05) is 0 Å². The Balaban J connectivity index is 0.00000155. The van der Waals surface area contributed by atoms with Gasteiger partial charge in [-0.05, 0) is 32.4 Å². The molecule has 0 aromatic carbocycles. The van der Waals surface area contributed by atoms with Gasteiger partial charge in [0.05, 0.1) is 17.4 Å². The van der Waals surface area contributed by atoms with Crippen molar-refractivity contribution in [2.24, 2.45) is 0 Å². The molecule has 158 valence electrons. The lowest BCUT2D eigenvalue weighted by Crippen LogP contribution is -2.24. The van der Waals surface area contributed by atoms with Gasteiger partial charge in [0.1, 0.15) is 29.6 Å². The quantitative estimate of drug-likeness (QED) is 0.583. The van der Waals surface area contributed by atoms with Gasteiger partial charge in [0, 0.05) is 24.0 Å². The van der Waals surface area contributed by atoms with E-state index in [1.54, 1.807) is 26.8 Å². The number of carbonyl (C=O) groups is 1. The van der Waals surface area contributed by atoms with Gasteiger partial charge in [0.25, 0.3) is 5.56 Å². The molecule has 0 aliphatic rings. The van der Waals surface area contributed by atoms with Crippen molar-refractivity contribution in [3.63, 3.8) is 0 Å². The van der Waals surface area contributed by atoms with Crippen LogP contribution in [0.2, 0.25) is 0 Å². The van der Waals surface area contributed by atoms with E-state index in [4.69, 9.17) is 4.74 Å². The molecular weight excluding hydrogens is 392 g/mol. The number of halogens is 2. The number of hydrogen-bond acceptors (Lipinski definition) is 5. The van der Waals surface area contributed by atoms with Crippen molar-refractivity contribution in [3.05, 3.63) is 80.8 Å². The van der Waals surface area contributed by atoms with Gasteiger partial charge in [-0.2, -0.15) is 0 Å². The lowest BCUT2D eigenvalue weighted by molar-refractivity contribution is 0.111. The first-order valence-corrected chi connectivity index (χ1v) is 9.40. The minimum absolute atomic E-state index is 0.0664. The van der Waals surface area contributed by atoms with Crippen LogP contribution in [0.4, 0.5) is 8.78 Å². The minimum Gasteiger partial charge on any atom is -0.487 e. The largest absolute Gasteiger partial charge is 0.487 e. The van der Waals surface area contributed by atoms with E-state index in [0.29, 0.717) is 23.2 Å².